The fraction of sp³-hybridized carbons (Fsp3) is 0.0833. The highest BCUT2D eigenvalue weighted by atomic mass is 79.9. The fourth-order valence-corrected chi connectivity index (χ4v) is 2.87. The van der Waals surface area contributed by atoms with Crippen molar-refractivity contribution in [3.05, 3.63) is 52.8 Å². The van der Waals surface area contributed by atoms with Crippen LogP contribution in [0, 0.1) is 0 Å². The Morgan fingerprint density at radius 2 is 1.89 bits per heavy atom. The van der Waals surface area contributed by atoms with Gasteiger partial charge in [0.2, 0.25) is 10.0 Å². The number of anilines is 1. The van der Waals surface area contributed by atoms with E-state index >= 15 is 0 Å². The van der Waals surface area contributed by atoms with Crippen molar-refractivity contribution in [2.75, 3.05) is 5.32 Å². The summed E-state index contributed by atoms with van der Waals surface area (Å²) in [6.07, 6.45) is 2.75. The van der Waals surface area contributed by atoms with Crippen molar-refractivity contribution in [3.63, 3.8) is 0 Å². The van der Waals surface area contributed by atoms with E-state index in [4.69, 9.17) is 5.14 Å². The van der Waals surface area contributed by atoms with Gasteiger partial charge in [-0.15, -0.1) is 0 Å². The minimum atomic E-state index is -3.82. The molecule has 5 nitrogen and oxygen atoms in total. The molecule has 0 spiro atoms. The molecule has 0 atom stereocenters. The molecule has 100 valence electrons. The molecule has 0 saturated carbocycles. The Labute approximate surface area is 120 Å². The summed E-state index contributed by atoms with van der Waals surface area (Å²) >= 11 is 3.27. The molecule has 0 unspecified atom stereocenters. The van der Waals surface area contributed by atoms with E-state index in [0.717, 1.165) is 5.56 Å². The summed E-state index contributed by atoms with van der Waals surface area (Å²) in [5.74, 6) is 0. The van der Waals surface area contributed by atoms with Crippen LogP contribution < -0.4 is 10.5 Å². The Bertz CT molecular complexity index is 675. The van der Waals surface area contributed by atoms with Crippen molar-refractivity contribution in [2.45, 2.75) is 11.4 Å². The second kappa shape index (κ2) is 5.68. The lowest BCUT2D eigenvalue weighted by atomic mass is 10.2. The lowest BCUT2D eigenvalue weighted by Gasteiger charge is -2.12. The van der Waals surface area contributed by atoms with E-state index in [9.17, 15) is 8.42 Å². The highest BCUT2D eigenvalue weighted by molar-refractivity contribution is 9.10. The quantitative estimate of drug-likeness (QED) is 0.891. The summed E-state index contributed by atoms with van der Waals surface area (Å²) in [4.78, 5) is 3.79. The van der Waals surface area contributed by atoms with Gasteiger partial charge in [-0.3, -0.25) is 4.98 Å². The van der Waals surface area contributed by atoms with Crippen LogP contribution in [0.2, 0.25) is 0 Å². The molecule has 2 aromatic rings. The van der Waals surface area contributed by atoms with Gasteiger partial charge in [-0.2, -0.15) is 0 Å². The molecule has 19 heavy (non-hydrogen) atoms. The van der Waals surface area contributed by atoms with Crippen molar-refractivity contribution in [1.29, 1.82) is 0 Å². The third-order valence-corrected chi connectivity index (χ3v) is 4.01. The first-order valence-corrected chi connectivity index (χ1v) is 7.76. The van der Waals surface area contributed by atoms with Crippen molar-refractivity contribution >= 4 is 31.6 Å². The van der Waals surface area contributed by atoms with E-state index in [-0.39, 0.29) is 4.90 Å². The number of pyridine rings is 1. The number of sulfonamides is 1. The zero-order chi connectivity index (χ0) is 13.9. The van der Waals surface area contributed by atoms with Gasteiger partial charge in [-0.1, -0.05) is 30.3 Å². The molecule has 0 aliphatic rings. The second-order valence-electron chi connectivity index (χ2n) is 3.88. The maximum Gasteiger partial charge on any atom is 0.241 e. The molecule has 0 bridgehead atoms. The fourth-order valence-electron chi connectivity index (χ4n) is 1.59. The zero-order valence-electron chi connectivity index (χ0n) is 9.88. The molecule has 1 heterocycles. The highest BCUT2D eigenvalue weighted by Gasteiger charge is 2.16. The standard InChI is InChI=1S/C12H12BrN3O2S/c13-10-7-15-8-11(19(14,17)18)12(10)16-6-9-4-2-1-3-5-9/h1-5,7-8H,6H2,(H,15,16)(H2,14,17,18). The van der Waals surface area contributed by atoms with E-state index in [1.165, 1.54) is 12.4 Å². The van der Waals surface area contributed by atoms with Crippen LogP contribution in [0.1, 0.15) is 5.56 Å². The molecular weight excluding hydrogens is 330 g/mol. The zero-order valence-corrected chi connectivity index (χ0v) is 12.3. The topological polar surface area (TPSA) is 85.1 Å². The van der Waals surface area contributed by atoms with Crippen molar-refractivity contribution in [2.24, 2.45) is 5.14 Å². The van der Waals surface area contributed by atoms with E-state index in [0.29, 0.717) is 16.7 Å². The maximum atomic E-state index is 11.5. The summed E-state index contributed by atoms with van der Waals surface area (Å²) in [7, 11) is -3.82. The predicted octanol–water partition coefficient (Wildman–Crippen LogP) is 2.10. The Kier molecular flexibility index (Phi) is 4.18. The van der Waals surface area contributed by atoms with Crippen LogP contribution in [0.3, 0.4) is 0 Å². The molecule has 0 aliphatic heterocycles. The number of hydrogen-bond donors (Lipinski definition) is 2. The largest absolute Gasteiger partial charge is 0.379 e. The maximum absolute atomic E-state index is 11.5. The van der Waals surface area contributed by atoms with Gasteiger partial charge in [0.05, 0.1) is 10.2 Å². The van der Waals surface area contributed by atoms with Gasteiger partial charge in [0.25, 0.3) is 0 Å². The van der Waals surface area contributed by atoms with E-state index in [1.54, 1.807) is 0 Å². The van der Waals surface area contributed by atoms with Gasteiger partial charge in [-0.25, -0.2) is 13.6 Å². The van der Waals surface area contributed by atoms with Gasteiger partial charge in [0, 0.05) is 18.9 Å². The van der Waals surface area contributed by atoms with Crippen molar-refractivity contribution in [1.82, 2.24) is 4.98 Å². The van der Waals surface area contributed by atoms with Crippen LogP contribution in [0.25, 0.3) is 0 Å². The van der Waals surface area contributed by atoms with Crippen LogP contribution >= 0.6 is 15.9 Å². The molecule has 2 rings (SSSR count). The number of primary sulfonamides is 1. The molecule has 0 aliphatic carbocycles. The van der Waals surface area contributed by atoms with Gasteiger partial charge in [0.15, 0.2) is 0 Å². The number of halogens is 1. The SMILES string of the molecule is NS(=O)(=O)c1cncc(Br)c1NCc1ccccc1. The molecule has 1 aromatic heterocycles. The van der Waals surface area contributed by atoms with Crippen molar-refractivity contribution in [3.8, 4) is 0 Å². The number of nitrogens with two attached hydrogens (primary N) is 1. The monoisotopic (exact) mass is 341 g/mol. The Morgan fingerprint density at radius 3 is 2.53 bits per heavy atom. The molecule has 3 N–H and O–H groups in total. The summed E-state index contributed by atoms with van der Waals surface area (Å²) in [5, 5.41) is 8.23. The van der Waals surface area contributed by atoms with Crippen molar-refractivity contribution < 1.29 is 8.42 Å². The summed E-state index contributed by atoms with van der Waals surface area (Å²) in [6.45, 7) is 0.492. The Balaban J connectivity index is 2.30. The average molecular weight is 342 g/mol. The Morgan fingerprint density at radius 1 is 1.21 bits per heavy atom. The smallest absolute Gasteiger partial charge is 0.241 e. The Hall–Kier alpha value is -1.44. The first-order chi connectivity index (χ1) is 8.98. The van der Waals surface area contributed by atoms with E-state index in [2.05, 4.69) is 26.2 Å². The molecular formula is C12H12BrN3O2S. The van der Waals surface area contributed by atoms with Gasteiger partial charge < -0.3 is 5.32 Å². The first kappa shape index (κ1) is 14.0. The van der Waals surface area contributed by atoms with Crippen LogP contribution in [-0.2, 0) is 16.6 Å². The minimum absolute atomic E-state index is 0.0298. The third kappa shape index (κ3) is 3.52. The lowest BCUT2D eigenvalue weighted by molar-refractivity contribution is 0.597. The van der Waals surface area contributed by atoms with Crippen LogP contribution in [0.5, 0.6) is 0 Å². The second-order valence-corrected chi connectivity index (χ2v) is 6.26. The number of hydrogen-bond acceptors (Lipinski definition) is 4. The van der Waals surface area contributed by atoms with Crippen LogP contribution in [-0.4, -0.2) is 13.4 Å². The molecule has 0 saturated heterocycles. The predicted molar refractivity (Wildman–Crippen MR) is 77.1 cm³/mol. The van der Waals surface area contributed by atoms with Crippen LogP contribution in [0.4, 0.5) is 5.69 Å². The van der Waals surface area contributed by atoms with Crippen LogP contribution in [0.15, 0.2) is 52.1 Å². The van der Waals surface area contributed by atoms with E-state index in [1.807, 2.05) is 30.3 Å². The molecule has 7 heteroatoms. The van der Waals surface area contributed by atoms with E-state index < -0.39 is 10.0 Å². The molecule has 0 amide bonds. The molecule has 0 radical (unpaired) electrons. The average Bonchev–Trinajstić information content (AvgIpc) is 2.37. The summed E-state index contributed by atoms with van der Waals surface area (Å²) in [6, 6.07) is 9.64. The number of benzene rings is 1. The first-order valence-electron chi connectivity index (χ1n) is 5.42. The molecule has 1 aromatic carbocycles. The summed E-state index contributed by atoms with van der Waals surface area (Å²) < 4.78 is 23.5. The van der Waals surface area contributed by atoms with Gasteiger partial charge in [0.1, 0.15) is 4.90 Å². The number of aromatic nitrogens is 1. The highest BCUT2D eigenvalue weighted by Crippen LogP contribution is 2.28. The number of rotatable bonds is 4. The van der Waals surface area contributed by atoms with Gasteiger partial charge in [-0.05, 0) is 21.5 Å². The van der Waals surface area contributed by atoms with Gasteiger partial charge >= 0.3 is 0 Å². The number of nitrogens with one attached hydrogen (secondary N) is 1. The third-order valence-electron chi connectivity index (χ3n) is 2.48. The minimum Gasteiger partial charge on any atom is -0.379 e. The normalized spacial score (nSPS) is 11.3. The summed E-state index contributed by atoms with van der Waals surface area (Å²) in [5.41, 5.74) is 1.45. The number of nitrogens with zero attached hydrogens (tertiary/aromatic N) is 1. The molecule has 0 fully saturated rings. The lowest BCUT2D eigenvalue weighted by Crippen LogP contribution is -2.15.